The number of nitrogens with two attached hydrogens (primary N) is 2. The van der Waals surface area contributed by atoms with Gasteiger partial charge in [-0.2, -0.15) is 0 Å². The number of alkyl halides is 1. The molecule has 0 unspecified atom stereocenters. The van der Waals surface area contributed by atoms with Crippen LogP contribution in [-0.4, -0.2) is 53.7 Å². The number of aromatic nitrogens is 2. The number of hydrogen-bond donors (Lipinski definition) is 4. The van der Waals surface area contributed by atoms with Crippen molar-refractivity contribution in [2.75, 3.05) is 36.7 Å². The molecule has 2 heterocycles. The number of rotatable bonds is 5. The Balaban J connectivity index is 2.10. The van der Waals surface area contributed by atoms with Crippen LogP contribution in [0.4, 0.5) is 21.7 Å². The Kier molecular flexibility index (Phi) is 5.10. The number of aliphatic hydroxyl groups excluding tert-OH is 1. The molecule has 0 amide bonds. The molecule has 0 radical (unpaired) electrons. The number of anilines is 3. The maximum Gasteiger partial charge on any atom is 0.171 e. The Morgan fingerprint density at radius 3 is 2.81 bits per heavy atom. The molecule has 1 aromatic rings. The van der Waals surface area contributed by atoms with E-state index < -0.39 is 12.3 Å². The number of hydrogen-bond acceptors (Lipinski definition) is 8. The second-order valence-corrected chi connectivity index (χ2v) is 4.96. The number of aliphatic hydroxyl groups is 1. The van der Waals surface area contributed by atoms with E-state index >= 15 is 0 Å². The summed E-state index contributed by atoms with van der Waals surface area (Å²) in [5.41, 5.74) is 14.7. The number of nitrogen functional groups attached to an aromatic ring is 2. The van der Waals surface area contributed by atoms with Crippen LogP contribution >= 0.6 is 0 Å². The molecule has 1 aliphatic heterocycles. The van der Waals surface area contributed by atoms with E-state index in [0.29, 0.717) is 12.4 Å². The minimum atomic E-state index is -0.993. The van der Waals surface area contributed by atoms with Gasteiger partial charge in [0, 0.05) is 19.9 Å². The first-order valence-electron chi connectivity index (χ1n) is 6.76. The highest BCUT2D eigenvalue weighted by atomic mass is 19.1. The van der Waals surface area contributed by atoms with Crippen molar-refractivity contribution in [1.29, 1.82) is 0 Å². The lowest BCUT2D eigenvalue weighted by Crippen LogP contribution is -2.47. The van der Waals surface area contributed by atoms with Gasteiger partial charge in [-0.15, -0.1) is 0 Å². The highest BCUT2D eigenvalue weighted by Crippen LogP contribution is 2.26. The number of hydrazine groups is 1. The molecule has 0 saturated carbocycles. The summed E-state index contributed by atoms with van der Waals surface area (Å²) in [4.78, 5) is 7.89. The van der Waals surface area contributed by atoms with Crippen molar-refractivity contribution < 1.29 is 14.2 Å². The van der Waals surface area contributed by atoms with Crippen molar-refractivity contribution in [1.82, 2.24) is 15.4 Å². The molecule has 1 aliphatic rings. The highest BCUT2D eigenvalue weighted by molar-refractivity contribution is 5.72. The first-order chi connectivity index (χ1) is 10.0. The standard InChI is InChI=1S/C12H21FN6O2/c1-16-19(12-10(14)11(15)17-6-18-12)4-8-2-7(13)3-9(5-20)21-8/h6-9,16,20H,2-5,14H2,1H3,(H2,15,17,18)/t7-,8+,9-/m0/s1. The minimum Gasteiger partial charge on any atom is -0.394 e. The first kappa shape index (κ1) is 15.7. The predicted octanol–water partition coefficient (Wildman–Crippen LogP) is -0.540. The molecule has 118 valence electrons. The Labute approximate surface area is 122 Å². The number of ether oxygens (including phenoxy) is 1. The zero-order valence-corrected chi connectivity index (χ0v) is 11.9. The van der Waals surface area contributed by atoms with E-state index in [1.165, 1.54) is 6.33 Å². The summed E-state index contributed by atoms with van der Waals surface area (Å²) in [7, 11) is 1.69. The molecule has 9 heteroatoms. The fourth-order valence-electron chi connectivity index (χ4n) is 2.39. The van der Waals surface area contributed by atoms with E-state index in [-0.39, 0.29) is 37.1 Å². The van der Waals surface area contributed by atoms with E-state index in [1.807, 2.05) is 0 Å². The van der Waals surface area contributed by atoms with E-state index in [9.17, 15) is 4.39 Å². The second kappa shape index (κ2) is 6.83. The van der Waals surface area contributed by atoms with Gasteiger partial charge < -0.3 is 21.3 Å². The van der Waals surface area contributed by atoms with Gasteiger partial charge in [-0.1, -0.05) is 0 Å². The van der Waals surface area contributed by atoms with Gasteiger partial charge >= 0.3 is 0 Å². The van der Waals surface area contributed by atoms with Crippen molar-refractivity contribution in [3.63, 3.8) is 0 Å². The average molecular weight is 300 g/mol. The topological polar surface area (TPSA) is 123 Å². The van der Waals surface area contributed by atoms with Gasteiger partial charge in [-0.3, -0.25) is 5.01 Å². The van der Waals surface area contributed by atoms with E-state index in [1.54, 1.807) is 12.1 Å². The fourth-order valence-corrected chi connectivity index (χ4v) is 2.39. The Morgan fingerprint density at radius 2 is 2.14 bits per heavy atom. The van der Waals surface area contributed by atoms with Crippen LogP contribution in [0, 0.1) is 0 Å². The van der Waals surface area contributed by atoms with Crippen molar-refractivity contribution in [3.05, 3.63) is 6.33 Å². The lowest BCUT2D eigenvalue weighted by molar-refractivity contribution is -0.0920. The minimum absolute atomic E-state index is 0.182. The molecule has 1 saturated heterocycles. The second-order valence-electron chi connectivity index (χ2n) is 4.96. The molecular weight excluding hydrogens is 279 g/mol. The maximum atomic E-state index is 13.7. The largest absolute Gasteiger partial charge is 0.394 e. The van der Waals surface area contributed by atoms with Crippen LogP contribution in [0.2, 0.25) is 0 Å². The van der Waals surface area contributed by atoms with Crippen molar-refractivity contribution in [2.45, 2.75) is 31.2 Å². The summed E-state index contributed by atoms with van der Waals surface area (Å²) in [6.07, 6.45) is -0.0714. The molecular formula is C12H21FN6O2. The van der Waals surface area contributed by atoms with Gasteiger partial charge in [0.1, 0.15) is 18.2 Å². The number of nitrogens with one attached hydrogen (secondary N) is 1. The van der Waals surface area contributed by atoms with E-state index in [0.717, 1.165) is 0 Å². The van der Waals surface area contributed by atoms with Gasteiger partial charge in [-0.05, 0) is 0 Å². The third-order valence-corrected chi connectivity index (χ3v) is 3.43. The normalized spacial score (nSPS) is 25.8. The molecule has 0 aliphatic carbocycles. The summed E-state index contributed by atoms with van der Waals surface area (Å²) in [5.74, 6) is 0.594. The van der Waals surface area contributed by atoms with Crippen LogP contribution in [0.1, 0.15) is 12.8 Å². The first-order valence-corrected chi connectivity index (χ1v) is 6.76. The Morgan fingerprint density at radius 1 is 1.43 bits per heavy atom. The van der Waals surface area contributed by atoms with Crippen LogP contribution < -0.4 is 21.9 Å². The summed E-state index contributed by atoms with van der Waals surface area (Å²) >= 11 is 0. The van der Waals surface area contributed by atoms with Gasteiger partial charge in [0.05, 0.1) is 25.4 Å². The third kappa shape index (κ3) is 3.69. The molecule has 3 atom stereocenters. The highest BCUT2D eigenvalue weighted by Gasteiger charge is 2.31. The Bertz CT molecular complexity index is 477. The van der Waals surface area contributed by atoms with Crippen LogP contribution in [0.25, 0.3) is 0 Å². The van der Waals surface area contributed by atoms with Gasteiger partial charge in [-0.25, -0.2) is 19.8 Å². The molecule has 21 heavy (non-hydrogen) atoms. The summed E-state index contributed by atoms with van der Waals surface area (Å²) in [6.45, 7) is 0.132. The van der Waals surface area contributed by atoms with Crippen LogP contribution in [-0.2, 0) is 4.74 Å². The molecule has 0 aromatic carbocycles. The molecule has 1 aromatic heterocycles. The van der Waals surface area contributed by atoms with Crippen molar-refractivity contribution in [3.8, 4) is 0 Å². The van der Waals surface area contributed by atoms with Gasteiger partial charge in [0.15, 0.2) is 11.6 Å². The van der Waals surface area contributed by atoms with Gasteiger partial charge in [0.2, 0.25) is 0 Å². The molecule has 0 spiro atoms. The zero-order valence-electron chi connectivity index (χ0n) is 11.9. The quantitative estimate of drug-likeness (QED) is 0.535. The van der Waals surface area contributed by atoms with Crippen molar-refractivity contribution in [2.24, 2.45) is 0 Å². The summed E-state index contributed by atoms with van der Waals surface area (Å²) < 4.78 is 19.3. The Hall–Kier alpha value is -1.71. The molecule has 1 fully saturated rings. The molecule has 6 N–H and O–H groups in total. The lowest BCUT2D eigenvalue weighted by Gasteiger charge is -2.35. The number of nitrogens with zero attached hydrogens (tertiary/aromatic N) is 3. The predicted molar refractivity (Wildman–Crippen MR) is 77.1 cm³/mol. The van der Waals surface area contributed by atoms with E-state index in [4.69, 9.17) is 21.3 Å². The number of halogens is 1. The maximum absolute atomic E-state index is 13.7. The SMILES string of the molecule is CNN(C[C@H]1C[C@H](F)C[C@@H](CO)O1)c1ncnc(N)c1N. The van der Waals surface area contributed by atoms with Crippen LogP contribution in [0.5, 0.6) is 0 Å². The van der Waals surface area contributed by atoms with Gasteiger partial charge in [0.25, 0.3) is 0 Å². The average Bonchev–Trinajstić information content (AvgIpc) is 2.47. The monoisotopic (exact) mass is 300 g/mol. The lowest BCUT2D eigenvalue weighted by atomic mass is 10.0. The van der Waals surface area contributed by atoms with Crippen molar-refractivity contribution >= 4 is 17.3 Å². The third-order valence-electron chi connectivity index (χ3n) is 3.43. The summed E-state index contributed by atoms with van der Waals surface area (Å²) in [6, 6.07) is 0. The molecule has 8 nitrogen and oxygen atoms in total. The fraction of sp³-hybridized carbons (Fsp3) is 0.667. The molecule has 2 rings (SSSR count). The smallest absolute Gasteiger partial charge is 0.171 e. The van der Waals surface area contributed by atoms with Crippen LogP contribution in [0.3, 0.4) is 0 Å². The van der Waals surface area contributed by atoms with E-state index in [2.05, 4.69) is 15.4 Å². The zero-order chi connectivity index (χ0) is 15.4. The van der Waals surface area contributed by atoms with Crippen LogP contribution in [0.15, 0.2) is 6.33 Å². The summed E-state index contributed by atoms with van der Waals surface area (Å²) in [5, 5.41) is 10.8. The molecule has 0 bridgehead atoms.